The van der Waals surface area contributed by atoms with Crippen molar-refractivity contribution in [2.24, 2.45) is 7.05 Å². The van der Waals surface area contributed by atoms with Crippen LogP contribution in [-0.4, -0.2) is 21.8 Å². The Hall–Kier alpha value is -2.57. The number of nitro groups is 1. The minimum atomic E-state index is -0.461. The van der Waals surface area contributed by atoms with Gasteiger partial charge in [0.2, 0.25) is 0 Å². The number of benzene rings is 1. The lowest BCUT2D eigenvalue weighted by Crippen LogP contribution is -1.94. The molecule has 0 aliphatic rings. The van der Waals surface area contributed by atoms with Crippen LogP contribution >= 0.6 is 0 Å². The second-order valence-electron chi connectivity index (χ2n) is 3.70. The maximum absolute atomic E-state index is 10.8. The summed E-state index contributed by atoms with van der Waals surface area (Å²) in [5.74, 6) is 0.426. The van der Waals surface area contributed by atoms with Gasteiger partial charge in [0.1, 0.15) is 5.75 Å². The average Bonchev–Trinajstić information content (AvgIpc) is 2.74. The second kappa shape index (κ2) is 4.74. The van der Waals surface area contributed by atoms with Crippen molar-refractivity contribution >= 4 is 17.1 Å². The molecule has 7 nitrogen and oxygen atoms in total. The predicted octanol–water partition coefficient (Wildman–Crippen LogP) is 2.08. The van der Waals surface area contributed by atoms with Gasteiger partial charge < -0.3 is 10.1 Å². The molecule has 1 aromatic carbocycles. The van der Waals surface area contributed by atoms with Gasteiger partial charge in [0.05, 0.1) is 30.0 Å². The van der Waals surface area contributed by atoms with E-state index >= 15 is 0 Å². The Bertz CT molecular complexity index is 579. The molecule has 0 amide bonds. The molecule has 2 rings (SSSR count). The van der Waals surface area contributed by atoms with Crippen molar-refractivity contribution in [1.82, 2.24) is 9.78 Å². The molecule has 0 saturated carbocycles. The molecule has 1 N–H and O–H groups in total. The van der Waals surface area contributed by atoms with E-state index in [9.17, 15) is 10.1 Å². The molecular weight excluding hydrogens is 236 g/mol. The van der Waals surface area contributed by atoms with E-state index in [1.165, 1.54) is 19.2 Å². The minimum absolute atomic E-state index is 0.0271. The number of nitro benzene ring substituents is 1. The normalized spacial score (nSPS) is 10.1. The number of methoxy groups -OCH3 is 1. The van der Waals surface area contributed by atoms with Crippen molar-refractivity contribution < 1.29 is 9.66 Å². The molecule has 1 heterocycles. The van der Waals surface area contributed by atoms with E-state index in [-0.39, 0.29) is 5.69 Å². The summed E-state index contributed by atoms with van der Waals surface area (Å²) in [6, 6.07) is 4.49. The number of anilines is 2. The zero-order valence-electron chi connectivity index (χ0n) is 9.95. The van der Waals surface area contributed by atoms with Gasteiger partial charge in [-0.15, -0.1) is 0 Å². The van der Waals surface area contributed by atoms with Gasteiger partial charge in [-0.2, -0.15) is 5.10 Å². The van der Waals surface area contributed by atoms with Crippen LogP contribution < -0.4 is 10.1 Å². The summed E-state index contributed by atoms with van der Waals surface area (Å²) in [5, 5.41) is 17.8. The molecular formula is C11H12N4O3. The zero-order chi connectivity index (χ0) is 13.1. The molecule has 0 aliphatic heterocycles. The third kappa shape index (κ3) is 2.57. The molecule has 1 aromatic heterocycles. The molecule has 18 heavy (non-hydrogen) atoms. The van der Waals surface area contributed by atoms with Crippen molar-refractivity contribution in [3.05, 3.63) is 40.7 Å². The largest absolute Gasteiger partial charge is 0.496 e. The van der Waals surface area contributed by atoms with E-state index in [2.05, 4.69) is 10.4 Å². The predicted molar refractivity (Wildman–Crippen MR) is 66.1 cm³/mol. The van der Waals surface area contributed by atoms with E-state index < -0.39 is 4.92 Å². The monoisotopic (exact) mass is 248 g/mol. The van der Waals surface area contributed by atoms with E-state index in [0.717, 1.165) is 5.69 Å². The maximum atomic E-state index is 10.8. The number of nitrogens with zero attached hydrogens (tertiary/aromatic N) is 3. The highest BCUT2D eigenvalue weighted by Crippen LogP contribution is 2.27. The van der Waals surface area contributed by atoms with Gasteiger partial charge >= 0.3 is 0 Å². The lowest BCUT2D eigenvalue weighted by molar-refractivity contribution is -0.384. The van der Waals surface area contributed by atoms with Crippen molar-refractivity contribution in [2.45, 2.75) is 0 Å². The number of nitrogens with one attached hydrogen (secondary N) is 1. The number of aromatic nitrogens is 2. The van der Waals surface area contributed by atoms with Crippen LogP contribution in [0.5, 0.6) is 5.75 Å². The molecule has 0 radical (unpaired) electrons. The van der Waals surface area contributed by atoms with Crippen LogP contribution in [-0.2, 0) is 7.05 Å². The van der Waals surface area contributed by atoms with Gasteiger partial charge in [-0.25, -0.2) is 0 Å². The second-order valence-corrected chi connectivity index (χ2v) is 3.70. The summed E-state index contributed by atoms with van der Waals surface area (Å²) < 4.78 is 6.66. The average molecular weight is 248 g/mol. The fourth-order valence-corrected chi connectivity index (χ4v) is 1.53. The molecule has 2 aromatic rings. The van der Waals surface area contributed by atoms with Crippen LogP contribution in [0.3, 0.4) is 0 Å². The quantitative estimate of drug-likeness (QED) is 0.661. The zero-order valence-corrected chi connectivity index (χ0v) is 9.95. The highest BCUT2D eigenvalue weighted by molar-refractivity contribution is 5.63. The minimum Gasteiger partial charge on any atom is -0.496 e. The molecule has 0 saturated heterocycles. The summed E-state index contributed by atoms with van der Waals surface area (Å²) >= 11 is 0. The summed E-state index contributed by atoms with van der Waals surface area (Å²) in [4.78, 5) is 10.3. The Labute approximate surface area is 103 Å². The van der Waals surface area contributed by atoms with Crippen molar-refractivity contribution in [3.8, 4) is 5.75 Å². The SMILES string of the molecule is COc1cc(Nc2cnn(C)c2)cc([N+](=O)[O-])c1. The number of ether oxygens (including phenoxy) is 1. The van der Waals surface area contributed by atoms with Gasteiger partial charge in [0.25, 0.3) is 5.69 Å². The molecule has 7 heteroatoms. The number of hydrogen-bond donors (Lipinski definition) is 1. The standard InChI is InChI=1S/C11H12N4O3/c1-14-7-9(6-12-14)13-8-3-10(15(16)17)5-11(4-8)18-2/h3-7,13H,1-2H3. The molecule has 0 spiro atoms. The number of hydrogen-bond acceptors (Lipinski definition) is 5. The van der Waals surface area contributed by atoms with Crippen molar-refractivity contribution in [3.63, 3.8) is 0 Å². The van der Waals surface area contributed by atoms with Crippen molar-refractivity contribution in [2.75, 3.05) is 12.4 Å². The van der Waals surface area contributed by atoms with Crippen LogP contribution in [0.15, 0.2) is 30.6 Å². The molecule has 0 fully saturated rings. The molecule has 0 bridgehead atoms. The lowest BCUT2D eigenvalue weighted by atomic mass is 10.2. The van der Waals surface area contributed by atoms with E-state index in [1.807, 2.05) is 0 Å². The Balaban J connectivity index is 2.32. The summed E-state index contributed by atoms with van der Waals surface area (Å²) in [5.41, 5.74) is 1.30. The molecule has 0 aliphatic carbocycles. The first kappa shape index (κ1) is 11.9. The smallest absolute Gasteiger partial charge is 0.275 e. The first-order valence-electron chi connectivity index (χ1n) is 5.17. The number of non-ortho nitro benzene ring substituents is 1. The fraction of sp³-hybridized carbons (Fsp3) is 0.182. The van der Waals surface area contributed by atoms with Gasteiger partial charge in [0, 0.05) is 31.1 Å². The molecule has 0 unspecified atom stereocenters. The van der Waals surface area contributed by atoms with Crippen LogP contribution in [0.2, 0.25) is 0 Å². The number of rotatable bonds is 4. The number of aryl methyl sites for hydroxylation is 1. The Morgan fingerprint density at radius 1 is 1.39 bits per heavy atom. The van der Waals surface area contributed by atoms with Crippen LogP contribution in [0.25, 0.3) is 0 Å². The Kier molecular flexibility index (Phi) is 3.13. The highest BCUT2D eigenvalue weighted by atomic mass is 16.6. The summed E-state index contributed by atoms with van der Waals surface area (Å²) in [6.45, 7) is 0. The van der Waals surface area contributed by atoms with Crippen LogP contribution in [0.1, 0.15) is 0 Å². The van der Waals surface area contributed by atoms with Gasteiger partial charge in [-0.1, -0.05) is 0 Å². The molecule has 0 atom stereocenters. The van der Waals surface area contributed by atoms with E-state index in [0.29, 0.717) is 11.4 Å². The topological polar surface area (TPSA) is 82.2 Å². The Morgan fingerprint density at radius 3 is 2.72 bits per heavy atom. The van der Waals surface area contributed by atoms with E-state index in [4.69, 9.17) is 4.74 Å². The van der Waals surface area contributed by atoms with E-state index in [1.54, 1.807) is 30.2 Å². The third-order valence-corrected chi connectivity index (χ3v) is 2.33. The fourth-order valence-electron chi connectivity index (χ4n) is 1.53. The first-order chi connectivity index (χ1) is 8.58. The van der Waals surface area contributed by atoms with Crippen LogP contribution in [0, 0.1) is 10.1 Å². The summed E-state index contributed by atoms with van der Waals surface area (Å²) in [6.07, 6.45) is 3.40. The maximum Gasteiger partial charge on any atom is 0.275 e. The van der Waals surface area contributed by atoms with Crippen LogP contribution in [0.4, 0.5) is 17.1 Å². The van der Waals surface area contributed by atoms with Gasteiger partial charge in [-0.05, 0) is 0 Å². The Morgan fingerprint density at radius 2 is 2.17 bits per heavy atom. The first-order valence-corrected chi connectivity index (χ1v) is 5.17. The van der Waals surface area contributed by atoms with Crippen molar-refractivity contribution in [1.29, 1.82) is 0 Å². The summed E-state index contributed by atoms with van der Waals surface area (Å²) in [7, 11) is 3.26. The van der Waals surface area contributed by atoms with Gasteiger partial charge in [-0.3, -0.25) is 14.8 Å². The lowest BCUT2D eigenvalue weighted by Gasteiger charge is -2.06. The third-order valence-electron chi connectivity index (χ3n) is 2.33. The van der Waals surface area contributed by atoms with Gasteiger partial charge in [0.15, 0.2) is 0 Å². The highest BCUT2D eigenvalue weighted by Gasteiger charge is 2.10. The molecule has 94 valence electrons.